The van der Waals surface area contributed by atoms with Gasteiger partial charge in [0.05, 0.1) is 44.8 Å². The lowest BCUT2D eigenvalue weighted by atomic mass is 10.2. The van der Waals surface area contributed by atoms with Gasteiger partial charge in [-0.05, 0) is 18.9 Å². The highest BCUT2D eigenvalue weighted by atomic mass is 16.5. The number of carbonyl (C=O) groups excluding carboxylic acids is 1. The van der Waals surface area contributed by atoms with Crippen LogP contribution in [0.2, 0.25) is 0 Å². The molecule has 0 aliphatic heterocycles. The van der Waals surface area contributed by atoms with Gasteiger partial charge in [-0.2, -0.15) is 0 Å². The summed E-state index contributed by atoms with van der Waals surface area (Å²) in [5.41, 5.74) is 0.239. The lowest BCUT2D eigenvalue weighted by Crippen LogP contribution is -2.34. The molecule has 0 fully saturated rings. The van der Waals surface area contributed by atoms with Crippen LogP contribution in [0.5, 0.6) is 11.5 Å². The zero-order valence-electron chi connectivity index (χ0n) is 16.5. The van der Waals surface area contributed by atoms with E-state index in [1.807, 2.05) is 4.90 Å². The van der Waals surface area contributed by atoms with Crippen molar-refractivity contribution in [3.05, 3.63) is 28.3 Å². The van der Waals surface area contributed by atoms with Crippen LogP contribution in [0.15, 0.2) is 16.9 Å². The SMILES string of the molecule is CCOC(=O)CN(Cc1nc2cc(OC)c(OC)cc2c(=O)[nH]1)CC(C)C. The van der Waals surface area contributed by atoms with Gasteiger partial charge < -0.3 is 19.2 Å². The second-order valence-electron chi connectivity index (χ2n) is 6.61. The van der Waals surface area contributed by atoms with Gasteiger partial charge in [-0.3, -0.25) is 14.5 Å². The summed E-state index contributed by atoms with van der Waals surface area (Å²) >= 11 is 0. The van der Waals surface area contributed by atoms with Gasteiger partial charge >= 0.3 is 5.97 Å². The standard InChI is InChI=1S/C19H27N3O5/c1-6-27-18(23)11-22(9-12(2)3)10-17-20-14-8-16(26-5)15(25-4)7-13(14)19(24)21-17/h7-8,12H,6,9-11H2,1-5H3,(H,20,21,24). The Morgan fingerprint density at radius 1 is 1.22 bits per heavy atom. The third kappa shape index (κ3) is 5.43. The van der Waals surface area contributed by atoms with Crippen LogP contribution in [0.1, 0.15) is 26.6 Å². The number of fused-ring (bicyclic) bond motifs is 1. The summed E-state index contributed by atoms with van der Waals surface area (Å²) in [5, 5.41) is 0.414. The number of hydrogen-bond acceptors (Lipinski definition) is 7. The van der Waals surface area contributed by atoms with Crippen LogP contribution < -0.4 is 15.0 Å². The van der Waals surface area contributed by atoms with Crippen molar-refractivity contribution in [3.63, 3.8) is 0 Å². The van der Waals surface area contributed by atoms with Crippen molar-refractivity contribution < 1.29 is 19.0 Å². The van der Waals surface area contributed by atoms with Crippen LogP contribution in [0.25, 0.3) is 10.9 Å². The predicted octanol–water partition coefficient (Wildman–Crippen LogP) is 1.96. The lowest BCUT2D eigenvalue weighted by molar-refractivity contribution is -0.144. The summed E-state index contributed by atoms with van der Waals surface area (Å²) in [7, 11) is 3.04. The molecule has 1 N–H and O–H groups in total. The van der Waals surface area contributed by atoms with Crippen molar-refractivity contribution in [3.8, 4) is 11.5 Å². The maximum absolute atomic E-state index is 12.5. The van der Waals surface area contributed by atoms with Gasteiger partial charge in [-0.25, -0.2) is 4.98 Å². The Morgan fingerprint density at radius 2 is 1.89 bits per heavy atom. The number of nitrogens with one attached hydrogen (secondary N) is 1. The third-order valence-corrected chi connectivity index (χ3v) is 3.91. The van der Waals surface area contributed by atoms with E-state index in [0.717, 1.165) is 0 Å². The van der Waals surface area contributed by atoms with Crippen LogP contribution in [0, 0.1) is 5.92 Å². The van der Waals surface area contributed by atoms with Crippen LogP contribution in [0.4, 0.5) is 0 Å². The summed E-state index contributed by atoms with van der Waals surface area (Å²) in [4.78, 5) is 33.6. The molecule has 0 aliphatic carbocycles. The predicted molar refractivity (Wildman–Crippen MR) is 102 cm³/mol. The molecular formula is C19H27N3O5. The lowest BCUT2D eigenvalue weighted by Gasteiger charge is -2.22. The fraction of sp³-hybridized carbons (Fsp3) is 0.526. The molecule has 8 heteroatoms. The van der Waals surface area contributed by atoms with Crippen LogP contribution in [-0.4, -0.2) is 54.8 Å². The van der Waals surface area contributed by atoms with Crippen molar-refractivity contribution >= 4 is 16.9 Å². The Labute approximate surface area is 158 Å². The van der Waals surface area contributed by atoms with E-state index >= 15 is 0 Å². The highest BCUT2D eigenvalue weighted by Gasteiger charge is 2.16. The number of carbonyl (C=O) groups is 1. The van der Waals surface area contributed by atoms with Gasteiger partial charge in [0, 0.05) is 12.6 Å². The molecule has 2 rings (SSSR count). The van der Waals surface area contributed by atoms with Gasteiger partial charge in [-0.1, -0.05) is 13.8 Å². The molecule has 0 amide bonds. The first-order valence-electron chi connectivity index (χ1n) is 8.90. The molecule has 1 aromatic carbocycles. The van der Waals surface area contributed by atoms with Crippen molar-refractivity contribution in [2.24, 2.45) is 5.92 Å². The normalized spacial score (nSPS) is 11.2. The van der Waals surface area contributed by atoms with E-state index in [0.29, 0.717) is 53.8 Å². The van der Waals surface area contributed by atoms with E-state index in [4.69, 9.17) is 14.2 Å². The molecule has 2 aromatic rings. The zero-order valence-corrected chi connectivity index (χ0v) is 16.5. The van der Waals surface area contributed by atoms with E-state index in [9.17, 15) is 9.59 Å². The Morgan fingerprint density at radius 3 is 2.48 bits per heavy atom. The summed E-state index contributed by atoms with van der Waals surface area (Å²) in [6.07, 6.45) is 0. The van der Waals surface area contributed by atoms with E-state index in [1.54, 1.807) is 19.1 Å². The number of ether oxygens (including phenoxy) is 3. The molecule has 1 heterocycles. The molecule has 8 nitrogen and oxygen atoms in total. The third-order valence-electron chi connectivity index (χ3n) is 3.91. The molecule has 0 saturated carbocycles. The Hall–Kier alpha value is -2.61. The maximum Gasteiger partial charge on any atom is 0.320 e. The largest absolute Gasteiger partial charge is 0.493 e. The van der Waals surface area contributed by atoms with Gasteiger partial charge in [0.2, 0.25) is 0 Å². The van der Waals surface area contributed by atoms with Gasteiger partial charge in [0.25, 0.3) is 5.56 Å². The van der Waals surface area contributed by atoms with E-state index < -0.39 is 0 Å². The van der Waals surface area contributed by atoms with Gasteiger partial charge in [0.15, 0.2) is 11.5 Å². The fourth-order valence-corrected chi connectivity index (χ4v) is 2.89. The molecule has 0 saturated heterocycles. The topological polar surface area (TPSA) is 93.8 Å². The van der Waals surface area contributed by atoms with Crippen LogP contribution in [-0.2, 0) is 16.1 Å². The first-order chi connectivity index (χ1) is 12.9. The summed E-state index contributed by atoms with van der Waals surface area (Å²) in [6.45, 7) is 7.37. The zero-order chi connectivity index (χ0) is 20.0. The van der Waals surface area contributed by atoms with E-state index in [1.165, 1.54) is 14.2 Å². The first kappa shape index (κ1) is 20.7. The van der Waals surface area contributed by atoms with Crippen molar-refractivity contribution in [1.29, 1.82) is 0 Å². The maximum atomic E-state index is 12.5. The molecule has 0 unspecified atom stereocenters. The van der Waals surface area contributed by atoms with Crippen molar-refractivity contribution in [1.82, 2.24) is 14.9 Å². The minimum atomic E-state index is -0.298. The molecule has 0 spiro atoms. The Kier molecular flexibility index (Phi) is 7.18. The molecule has 0 bridgehead atoms. The first-order valence-corrected chi connectivity index (χ1v) is 8.90. The summed E-state index contributed by atoms with van der Waals surface area (Å²) in [6, 6.07) is 3.28. The molecular weight excluding hydrogens is 350 g/mol. The summed E-state index contributed by atoms with van der Waals surface area (Å²) in [5.74, 6) is 1.49. The minimum Gasteiger partial charge on any atom is -0.493 e. The Bertz CT molecular complexity index is 847. The van der Waals surface area contributed by atoms with Crippen molar-refractivity contribution in [2.45, 2.75) is 27.3 Å². The average molecular weight is 377 g/mol. The number of hydrogen-bond donors (Lipinski definition) is 1. The molecule has 1 aromatic heterocycles. The quantitative estimate of drug-likeness (QED) is 0.668. The highest BCUT2D eigenvalue weighted by molar-refractivity contribution is 5.81. The van der Waals surface area contributed by atoms with Gasteiger partial charge in [0.1, 0.15) is 5.82 Å². The number of nitrogens with zero attached hydrogens (tertiary/aromatic N) is 2. The number of rotatable bonds is 9. The number of aromatic amines is 1. The van der Waals surface area contributed by atoms with Crippen LogP contribution in [0.3, 0.4) is 0 Å². The van der Waals surface area contributed by atoms with Gasteiger partial charge in [-0.15, -0.1) is 0 Å². The smallest absolute Gasteiger partial charge is 0.320 e. The van der Waals surface area contributed by atoms with E-state index in [-0.39, 0.29) is 18.1 Å². The number of aromatic nitrogens is 2. The Balaban J connectivity index is 2.35. The molecule has 0 atom stereocenters. The second kappa shape index (κ2) is 9.36. The number of esters is 1. The number of benzene rings is 1. The molecule has 148 valence electrons. The molecule has 0 aliphatic rings. The second-order valence-corrected chi connectivity index (χ2v) is 6.61. The van der Waals surface area contributed by atoms with Crippen molar-refractivity contribution in [2.75, 3.05) is 33.9 Å². The monoisotopic (exact) mass is 377 g/mol. The summed E-state index contributed by atoms with van der Waals surface area (Å²) < 4.78 is 15.6. The van der Waals surface area contributed by atoms with Crippen LogP contribution >= 0.6 is 0 Å². The number of methoxy groups -OCH3 is 2. The average Bonchev–Trinajstić information content (AvgIpc) is 2.60. The fourth-order valence-electron chi connectivity index (χ4n) is 2.89. The number of H-pyrrole nitrogens is 1. The van der Waals surface area contributed by atoms with E-state index in [2.05, 4.69) is 23.8 Å². The minimum absolute atomic E-state index is 0.139. The molecule has 27 heavy (non-hydrogen) atoms. The molecule has 0 radical (unpaired) electrons. The highest BCUT2D eigenvalue weighted by Crippen LogP contribution is 2.29.